The zero-order valence-corrected chi connectivity index (χ0v) is 16.3. The second kappa shape index (κ2) is 15.2. The fraction of sp³-hybridized carbons (Fsp3) is 0.905. The first-order valence-corrected chi connectivity index (χ1v) is 10.7. The van der Waals surface area contributed by atoms with E-state index in [1.54, 1.807) is 0 Å². The van der Waals surface area contributed by atoms with Crippen LogP contribution in [0.2, 0.25) is 0 Å². The third-order valence-corrected chi connectivity index (χ3v) is 5.02. The van der Waals surface area contributed by atoms with Crippen LogP contribution in [0.25, 0.3) is 0 Å². The van der Waals surface area contributed by atoms with Gasteiger partial charge >= 0.3 is 5.97 Å². The number of hydrogen-bond acceptors (Lipinski definition) is 3. The lowest BCUT2D eigenvalue weighted by atomic mass is 10.0. The monoisotopic (exact) mass is 353 g/mol. The van der Waals surface area contributed by atoms with Crippen LogP contribution in [0.5, 0.6) is 0 Å². The van der Waals surface area contributed by atoms with Crippen molar-refractivity contribution in [1.29, 1.82) is 0 Å². The lowest BCUT2D eigenvalue weighted by Crippen LogP contribution is -2.34. The van der Waals surface area contributed by atoms with E-state index in [1.807, 2.05) is 0 Å². The predicted molar refractivity (Wildman–Crippen MR) is 102 cm³/mol. The Morgan fingerprint density at radius 1 is 0.880 bits per heavy atom. The van der Waals surface area contributed by atoms with Gasteiger partial charge in [0.15, 0.2) is 0 Å². The van der Waals surface area contributed by atoms with Crippen molar-refractivity contribution >= 4 is 11.9 Å². The molecule has 1 fully saturated rings. The third-order valence-electron chi connectivity index (χ3n) is 5.02. The van der Waals surface area contributed by atoms with E-state index in [2.05, 4.69) is 12.2 Å². The van der Waals surface area contributed by atoms with Crippen LogP contribution < -0.4 is 5.32 Å². The molecule has 0 aliphatic carbocycles. The molecule has 1 rings (SSSR count). The van der Waals surface area contributed by atoms with E-state index in [0.717, 1.165) is 12.8 Å². The molecular weight excluding hydrogens is 314 g/mol. The van der Waals surface area contributed by atoms with Gasteiger partial charge in [-0.2, -0.15) is 0 Å². The number of amides is 1. The van der Waals surface area contributed by atoms with Gasteiger partial charge in [0.05, 0.1) is 6.61 Å². The first-order valence-electron chi connectivity index (χ1n) is 10.7. The van der Waals surface area contributed by atoms with E-state index in [0.29, 0.717) is 19.4 Å². The number of carbonyl (C=O) groups excluding carboxylic acids is 2. The Bertz CT molecular complexity index is 357. The highest BCUT2D eigenvalue weighted by Gasteiger charge is 2.28. The van der Waals surface area contributed by atoms with Crippen molar-refractivity contribution < 1.29 is 14.3 Å². The Labute approximate surface area is 154 Å². The van der Waals surface area contributed by atoms with Gasteiger partial charge in [-0.25, -0.2) is 4.79 Å². The summed E-state index contributed by atoms with van der Waals surface area (Å²) in [7, 11) is 0. The van der Waals surface area contributed by atoms with Crippen LogP contribution >= 0.6 is 0 Å². The summed E-state index contributed by atoms with van der Waals surface area (Å²) in [6.07, 6.45) is 19.5. The Morgan fingerprint density at radius 2 is 1.36 bits per heavy atom. The minimum Gasteiger partial charge on any atom is -0.464 e. The summed E-state index contributed by atoms with van der Waals surface area (Å²) in [5.41, 5.74) is 0. The molecule has 146 valence electrons. The molecule has 1 aliphatic heterocycles. The quantitative estimate of drug-likeness (QED) is 0.303. The Morgan fingerprint density at radius 3 is 1.80 bits per heavy atom. The summed E-state index contributed by atoms with van der Waals surface area (Å²) in [6, 6.07) is -0.404. The molecule has 0 aromatic carbocycles. The summed E-state index contributed by atoms with van der Waals surface area (Å²) in [6.45, 7) is 2.76. The summed E-state index contributed by atoms with van der Waals surface area (Å²) in [4.78, 5) is 22.7. The van der Waals surface area contributed by atoms with Gasteiger partial charge in [-0.15, -0.1) is 0 Å². The van der Waals surface area contributed by atoms with E-state index >= 15 is 0 Å². The fourth-order valence-corrected chi connectivity index (χ4v) is 3.36. The lowest BCUT2D eigenvalue weighted by Gasteiger charge is -2.09. The van der Waals surface area contributed by atoms with Crippen LogP contribution in [0.3, 0.4) is 0 Å². The number of ether oxygens (including phenoxy) is 1. The molecule has 4 heteroatoms. The molecule has 0 radical (unpaired) electrons. The molecule has 25 heavy (non-hydrogen) atoms. The van der Waals surface area contributed by atoms with Crippen LogP contribution in [0.1, 0.15) is 110 Å². The number of esters is 1. The highest BCUT2D eigenvalue weighted by Crippen LogP contribution is 2.13. The highest BCUT2D eigenvalue weighted by atomic mass is 16.5. The Kier molecular flexibility index (Phi) is 13.4. The summed E-state index contributed by atoms with van der Waals surface area (Å²) < 4.78 is 5.23. The smallest absolute Gasteiger partial charge is 0.328 e. The third kappa shape index (κ3) is 12.0. The summed E-state index contributed by atoms with van der Waals surface area (Å²) in [5.74, 6) is -0.306. The molecule has 1 heterocycles. The maximum Gasteiger partial charge on any atom is 0.328 e. The Balaban J connectivity index is 1.74. The molecule has 1 N–H and O–H groups in total. The lowest BCUT2D eigenvalue weighted by molar-refractivity contribution is -0.146. The van der Waals surface area contributed by atoms with Crippen molar-refractivity contribution in [2.45, 2.75) is 116 Å². The van der Waals surface area contributed by atoms with Crippen LogP contribution in [-0.4, -0.2) is 24.5 Å². The van der Waals surface area contributed by atoms with Gasteiger partial charge in [-0.05, 0) is 12.8 Å². The predicted octanol–water partition coefficient (Wildman–Crippen LogP) is 5.29. The van der Waals surface area contributed by atoms with Crippen molar-refractivity contribution in [1.82, 2.24) is 5.32 Å². The van der Waals surface area contributed by atoms with Crippen molar-refractivity contribution in [3.8, 4) is 0 Å². The second-order valence-corrected chi connectivity index (χ2v) is 7.42. The number of rotatable bonds is 16. The summed E-state index contributed by atoms with van der Waals surface area (Å²) in [5, 5.41) is 2.64. The number of nitrogens with one attached hydrogen (secondary N) is 1. The van der Waals surface area contributed by atoms with Gasteiger partial charge in [0.2, 0.25) is 5.91 Å². The largest absolute Gasteiger partial charge is 0.464 e. The standard InChI is InChI=1S/C21H39NO3/c1-2-3-4-5-6-7-8-9-10-11-12-13-14-15-18-25-21(24)19-16-17-20(23)22-19/h19H,2-18H2,1H3,(H,22,23)/t19-/m0/s1. The van der Waals surface area contributed by atoms with Gasteiger partial charge in [0.25, 0.3) is 0 Å². The second-order valence-electron chi connectivity index (χ2n) is 7.42. The van der Waals surface area contributed by atoms with Gasteiger partial charge in [-0.3, -0.25) is 4.79 Å². The molecule has 0 aromatic rings. The van der Waals surface area contributed by atoms with Gasteiger partial charge in [0, 0.05) is 6.42 Å². The summed E-state index contributed by atoms with van der Waals surface area (Å²) >= 11 is 0. The Hall–Kier alpha value is -1.06. The van der Waals surface area contributed by atoms with Crippen LogP contribution in [-0.2, 0) is 14.3 Å². The van der Waals surface area contributed by atoms with E-state index in [-0.39, 0.29) is 11.9 Å². The van der Waals surface area contributed by atoms with Gasteiger partial charge < -0.3 is 10.1 Å². The van der Waals surface area contributed by atoms with Crippen molar-refractivity contribution in [3.05, 3.63) is 0 Å². The van der Waals surface area contributed by atoms with E-state index in [9.17, 15) is 9.59 Å². The normalized spacial score (nSPS) is 16.8. The van der Waals surface area contributed by atoms with E-state index in [1.165, 1.54) is 77.0 Å². The molecule has 0 aromatic heterocycles. The van der Waals surface area contributed by atoms with E-state index < -0.39 is 6.04 Å². The zero-order chi connectivity index (χ0) is 18.2. The van der Waals surface area contributed by atoms with Crippen molar-refractivity contribution in [2.75, 3.05) is 6.61 Å². The molecule has 1 saturated heterocycles. The number of carbonyl (C=O) groups is 2. The van der Waals surface area contributed by atoms with Gasteiger partial charge in [0.1, 0.15) is 6.04 Å². The first-order chi connectivity index (χ1) is 12.2. The molecule has 0 spiro atoms. The molecular formula is C21H39NO3. The molecule has 1 aliphatic rings. The topological polar surface area (TPSA) is 55.4 Å². The SMILES string of the molecule is CCCCCCCCCCCCCCCCOC(=O)[C@@H]1CCC(=O)N1. The number of unbranched alkanes of at least 4 members (excludes halogenated alkanes) is 13. The van der Waals surface area contributed by atoms with Crippen molar-refractivity contribution in [3.63, 3.8) is 0 Å². The molecule has 0 saturated carbocycles. The molecule has 1 atom stereocenters. The average Bonchev–Trinajstić information content (AvgIpc) is 3.04. The highest BCUT2D eigenvalue weighted by molar-refractivity contribution is 5.87. The molecule has 4 nitrogen and oxygen atoms in total. The molecule has 1 amide bonds. The average molecular weight is 354 g/mol. The van der Waals surface area contributed by atoms with Crippen LogP contribution in [0.4, 0.5) is 0 Å². The minimum atomic E-state index is -0.404. The fourth-order valence-electron chi connectivity index (χ4n) is 3.36. The van der Waals surface area contributed by atoms with Crippen LogP contribution in [0, 0.1) is 0 Å². The zero-order valence-electron chi connectivity index (χ0n) is 16.3. The maximum atomic E-state index is 11.7. The van der Waals surface area contributed by atoms with Crippen LogP contribution in [0.15, 0.2) is 0 Å². The molecule has 0 unspecified atom stereocenters. The molecule has 0 bridgehead atoms. The number of hydrogen-bond donors (Lipinski definition) is 1. The van der Waals surface area contributed by atoms with Crippen molar-refractivity contribution in [2.24, 2.45) is 0 Å². The van der Waals surface area contributed by atoms with E-state index in [4.69, 9.17) is 4.74 Å². The minimum absolute atomic E-state index is 0.0431. The first kappa shape index (κ1) is 22.0. The van der Waals surface area contributed by atoms with Gasteiger partial charge in [-0.1, -0.05) is 90.4 Å². The maximum absolute atomic E-state index is 11.7.